The van der Waals surface area contributed by atoms with Crippen molar-refractivity contribution in [1.82, 2.24) is 5.32 Å². The summed E-state index contributed by atoms with van der Waals surface area (Å²) in [4.78, 5) is 21.8. The molecule has 0 heterocycles. The molecule has 2 N–H and O–H groups in total. The molecule has 0 atom stereocenters. The molecule has 0 bridgehead atoms. The first-order valence-electron chi connectivity index (χ1n) is 5.72. The summed E-state index contributed by atoms with van der Waals surface area (Å²) < 4.78 is 5.20. The SMILES string of the molecule is COc1cc(CNC(=O)CSCC(=O)O)ccc1C. The third-order valence-corrected chi connectivity index (χ3v) is 3.34. The molecule has 1 rings (SSSR count). The molecule has 104 valence electrons. The van der Waals surface area contributed by atoms with E-state index in [2.05, 4.69) is 5.32 Å². The molecular formula is C13H17NO4S. The molecule has 0 spiro atoms. The summed E-state index contributed by atoms with van der Waals surface area (Å²) in [7, 11) is 1.60. The number of aliphatic carboxylic acids is 1. The standard InChI is InChI=1S/C13H17NO4S/c1-9-3-4-10(5-11(9)18-2)6-14-12(15)7-19-8-13(16)17/h3-5H,6-8H2,1-2H3,(H,14,15)(H,16,17). The number of ether oxygens (including phenoxy) is 1. The zero-order valence-corrected chi connectivity index (χ0v) is 11.8. The number of hydrogen-bond acceptors (Lipinski definition) is 4. The zero-order chi connectivity index (χ0) is 14.3. The third kappa shape index (κ3) is 5.65. The Bertz CT molecular complexity index is 462. The highest BCUT2D eigenvalue weighted by Gasteiger charge is 2.05. The third-order valence-electron chi connectivity index (χ3n) is 2.42. The summed E-state index contributed by atoms with van der Waals surface area (Å²) in [6.45, 7) is 2.35. The Kier molecular flexibility index (Phi) is 6.21. The molecule has 0 aliphatic rings. The van der Waals surface area contributed by atoms with Crippen LogP contribution in [0, 0.1) is 6.92 Å². The number of aryl methyl sites for hydroxylation is 1. The van der Waals surface area contributed by atoms with Crippen LogP contribution < -0.4 is 10.1 Å². The quantitative estimate of drug-likeness (QED) is 0.792. The largest absolute Gasteiger partial charge is 0.496 e. The summed E-state index contributed by atoms with van der Waals surface area (Å²) in [6.07, 6.45) is 0. The van der Waals surface area contributed by atoms with Crippen molar-refractivity contribution in [1.29, 1.82) is 0 Å². The van der Waals surface area contributed by atoms with Crippen LogP contribution in [0.5, 0.6) is 5.75 Å². The second-order valence-electron chi connectivity index (χ2n) is 3.97. The van der Waals surface area contributed by atoms with E-state index in [-0.39, 0.29) is 17.4 Å². The number of benzene rings is 1. The maximum Gasteiger partial charge on any atom is 0.313 e. The van der Waals surface area contributed by atoms with Crippen LogP contribution in [0.15, 0.2) is 18.2 Å². The van der Waals surface area contributed by atoms with Gasteiger partial charge >= 0.3 is 5.97 Å². The second kappa shape index (κ2) is 7.68. The topological polar surface area (TPSA) is 75.6 Å². The number of carboxylic acid groups (broad SMARTS) is 1. The Morgan fingerprint density at radius 2 is 2.11 bits per heavy atom. The molecule has 0 saturated heterocycles. The fourth-order valence-corrected chi connectivity index (χ4v) is 2.02. The van der Waals surface area contributed by atoms with Gasteiger partial charge in [-0.2, -0.15) is 0 Å². The van der Waals surface area contributed by atoms with Gasteiger partial charge in [-0.15, -0.1) is 11.8 Å². The van der Waals surface area contributed by atoms with Gasteiger partial charge in [0.25, 0.3) is 0 Å². The summed E-state index contributed by atoms with van der Waals surface area (Å²) >= 11 is 1.08. The van der Waals surface area contributed by atoms with E-state index in [1.807, 2.05) is 25.1 Å². The molecule has 6 heteroatoms. The minimum Gasteiger partial charge on any atom is -0.496 e. The zero-order valence-electron chi connectivity index (χ0n) is 10.9. The molecule has 19 heavy (non-hydrogen) atoms. The minimum absolute atomic E-state index is 0.0637. The van der Waals surface area contributed by atoms with Gasteiger partial charge in [0.2, 0.25) is 5.91 Å². The van der Waals surface area contributed by atoms with Crippen LogP contribution in [0.3, 0.4) is 0 Å². The van der Waals surface area contributed by atoms with Crippen molar-refractivity contribution in [3.8, 4) is 5.75 Å². The first-order valence-corrected chi connectivity index (χ1v) is 6.88. The lowest BCUT2D eigenvalue weighted by Crippen LogP contribution is -2.25. The number of rotatable bonds is 7. The van der Waals surface area contributed by atoms with Crippen LogP contribution in [0.4, 0.5) is 0 Å². The predicted octanol–water partition coefficient (Wildman–Crippen LogP) is 1.44. The maximum absolute atomic E-state index is 11.5. The van der Waals surface area contributed by atoms with Gasteiger partial charge in [-0.25, -0.2) is 0 Å². The van der Waals surface area contributed by atoms with Crippen molar-refractivity contribution in [2.24, 2.45) is 0 Å². The number of hydrogen-bond donors (Lipinski definition) is 2. The van der Waals surface area contributed by atoms with Crippen LogP contribution in [-0.4, -0.2) is 35.6 Å². The van der Waals surface area contributed by atoms with Gasteiger partial charge in [-0.05, 0) is 24.1 Å². The Morgan fingerprint density at radius 1 is 1.37 bits per heavy atom. The highest BCUT2D eigenvalue weighted by molar-refractivity contribution is 8.00. The average molecular weight is 283 g/mol. The van der Waals surface area contributed by atoms with Crippen molar-refractivity contribution < 1.29 is 19.4 Å². The summed E-state index contributed by atoms with van der Waals surface area (Å²) in [5.74, 6) is -0.222. The van der Waals surface area contributed by atoms with Gasteiger partial charge in [0.1, 0.15) is 5.75 Å². The van der Waals surface area contributed by atoms with Gasteiger partial charge in [0, 0.05) is 6.54 Å². The minimum atomic E-state index is -0.916. The molecule has 1 aromatic carbocycles. The molecular weight excluding hydrogens is 266 g/mol. The number of carbonyl (C=O) groups excluding carboxylic acids is 1. The number of amides is 1. The van der Waals surface area contributed by atoms with Crippen molar-refractivity contribution in [2.75, 3.05) is 18.6 Å². The van der Waals surface area contributed by atoms with Crippen molar-refractivity contribution >= 4 is 23.6 Å². The summed E-state index contributed by atoms with van der Waals surface area (Å²) in [5.41, 5.74) is 1.98. The molecule has 1 amide bonds. The van der Waals surface area contributed by atoms with E-state index in [0.717, 1.165) is 28.6 Å². The molecule has 0 unspecified atom stereocenters. The lowest BCUT2D eigenvalue weighted by Gasteiger charge is -2.08. The van der Waals surface area contributed by atoms with E-state index < -0.39 is 5.97 Å². The van der Waals surface area contributed by atoms with Crippen molar-refractivity contribution in [2.45, 2.75) is 13.5 Å². The lowest BCUT2D eigenvalue weighted by atomic mass is 10.1. The second-order valence-corrected chi connectivity index (χ2v) is 4.95. The number of thioether (sulfide) groups is 1. The van der Waals surface area contributed by atoms with Gasteiger partial charge in [-0.1, -0.05) is 12.1 Å². The molecule has 0 aliphatic carbocycles. The normalized spacial score (nSPS) is 10.0. The summed E-state index contributed by atoms with van der Waals surface area (Å²) in [5, 5.41) is 11.2. The molecule has 0 saturated carbocycles. The fraction of sp³-hybridized carbons (Fsp3) is 0.385. The van der Waals surface area contributed by atoms with E-state index in [1.165, 1.54) is 0 Å². The van der Waals surface area contributed by atoms with Crippen LogP contribution in [0.1, 0.15) is 11.1 Å². The molecule has 5 nitrogen and oxygen atoms in total. The van der Waals surface area contributed by atoms with E-state index in [0.29, 0.717) is 6.54 Å². The molecule has 0 aliphatic heterocycles. The fourth-order valence-electron chi connectivity index (χ4n) is 1.46. The number of methoxy groups -OCH3 is 1. The number of carbonyl (C=O) groups is 2. The molecule has 1 aromatic rings. The van der Waals surface area contributed by atoms with E-state index >= 15 is 0 Å². The average Bonchev–Trinajstić information content (AvgIpc) is 2.37. The maximum atomic E-state index is 11.5. The predicted molar refractivity (Wildman–Crippen MR) is 74.5 cm³/mol. The number of carboxylic acids is 1. The van der Waals surface area contributed by atoms with Crippen LogP contribution in [-0.2, 0) is 16.1 Å². The van der Waals surface area contributed by atoms with E-state index in [4.69, 9.17) is 9.84 Å². The Morgan fingerprint density at radius 3 is 2.74 bits per heavy atom. The monoisotopic (exact) mass is 283 g/mol. The molecule has 0 fully saturated rings. The molecule has 0 aromatic heterocycles. The first kappa shape index (κ1) is 15.4. The van der Waals surface area contributed by atoms with Gasteiger partial charge in [0.15, 0.2) is 0 Å². The first-order chi connectivity index (χ1) is 9.02. The smallest absolute Gasteiger partial charge is 0.313 e. The van der Waals surface area contributed by atoms with Crippen molar-refractivity contribution in [3.63, 3.8) is 0 Å². The van der Waals surface area contributed by atoms with Crippen molar-refractivity contribution in [3.05, 3.63) is 29.3 Å². The lowest BCUT2D eigenvalue weighted by molar-refractivity contribution is -0.133. The van der Waals surface area contributed by atoms with Crippen LogP contribution in [0.2, 0.25) is 0 Å². The Balaban J connectivity index is 2.39. The Labute approximate surface area is 116 Å². The van der Waals surface area contributed by atoms with Gasteiger partial charge < -0.3 is 15.2 Å². The van der Waals surface area contributed by atoms with E-state index in [1.54, 1.807) is 7.11 Å². The van der Waals surface area contributed by atoms with Gasteiger partial charge in [0.05, 0.1) is 18.6 Å². The summed E-state index contributed by atoms with van der Waals surface area (Å²) in [6, 6.07) is 5.72. The van der Waals surface area contributed by atoms with E-state index in [9.17, 15) is 9.59 Å². The van der Waals surface area contributed by atoms with Gasteiger partial charge in [-0.3, -0.25) is 9.59 Å². The number of nitrogens with one attached hydrogen (secondary N) is 1. The van der Waals surface area contributed by atoms with Crippen LogP contribution >= 0.6 is 11.8 Å². The molecule has 0 radical (unpaired) electrons. The highest BCUT2D eigenvalue weighted by atomic mass is 32.2. The van der Waals surface area contributed by atoms with Crippen LogP contribution in [0.25, 0.3) is 0 Å². The Hall–Kier alpha value is -1.69. The highest BCUT2D eigenvalue weighted by Crippen LogP contribution is 2.18.